The fourth-order valence-corrected chi connectivity index (χ4v) is 0.833. The maximum Gasteiger partial charge on any atom is 0.363 e. The number of aromatic nitrogens is 1. The predicted molar refractivity (Wildman–Crippen MR) is 52.8 cm³/mol. The molecular weight excluding hydrogens is 182 g/mol. The van der Waals surface area contributed by atoms with Gasteiger partial charge in [0.1, 0.15) is 0 Å². The lowest BCUT2D eigenvalue weighted by atomic mass is 10.4. The molecule has 0 aromatic carbocycles. The first kappa shape index (κ1) is 9.99. The molecule has 0 aliphatic rings. The minimum absolute atomic E-state index is 0.155. The van der Waals surface area contributed by atoms with Gasteiger partial charge < -0.3 is 15.4 Å². The lowest BCUT2D eigenvalue weighted by molar-refractivity contribution is -0.389. The van der Waals surface area contributed by atoms with Crippen molar-refractivity contribution in [2.45, 2.75) is 6.92 Å². The summed E-state index contributed by atoms with van der Waals surface area (Å²) in [5.74, 6) is 5.38. The van der Waals surface area contributed by atoms with Crippen LogP contribution in [0, 0.1) is 22.0 Å². The van der Waals surface area contributed by atoms with Crippen molar-refractivity contribution in [2.24, 2.45) is 0 Å². The van der Waals surface area contributed by atoms with Crippen molar-refractivity contribution in [2.75, 3.05) is 11.9 Å². The Labute approximate surface area is 81.3 Å². The lowest BCUT2D eigenvalue weighted by Crippen LogP contribution is -1.99. The molecule has 72 valence electrons. The molecule has 1 rings (SSSR count). The minimum Gasteiger partial charge on any atom is -0.371 e. The Balaban J connectivity index is 2.62. The average molecular weight is 191 g/mol. The quantitative estimate of drug-likeness (QED) is 0.445. The van der Waals surface area contributed by atoms with E-state index in [1.165, 1.54) is 12.3 Å². The summed E-state index contributed by atoms with van der Waals surface area (Å²) in [5, 5.41) is 13.2. The van der Waals surface area contributed by atoms with Crippen molar-refractivity contribution in [1.29, 1.82) is 0 Å². The third kappa shape index (κ3) is 2.75. The monoisotopic (exact) mass is 191 g/mol. The van der Waals surface area contributed by atoms with Gasteiger partial charge in [0.2, 0.25) is 0 Å². The Bertz CT molecular complexity index is 375. The fraction of sp³-hybridized carbons (Fsp3) is 0.222. The van der Waals surface area contributed by atoms with Gasteiger partial charge in [-0.2, -0.15) is 0 Å². The molecule has 0 fully saturated rings. The molecule has 1 aromatic rings. The molecule has 1 N–H and O–H groups in total. The van der Waals surface area contributed by atoms with Crippen molar-refractivity contribution in [3.05, 3.63) is 28.4 Å². The molecular formula is C9H9N3O2. The molecule has 0 saturated carbocycles. The van der Waals surface area contributed by atoms with E-state index in [1.54, 1.807) is 13.0 Å². The van der Waals surface area contributed by atoms with Crippen molar-refractivity contribution in [3.63, 3.8) is 0 Å². The second-order valence-electron chi connectivity index (χ2n) is 2.44. The lowest BCUT2D eigenvalue weighted by Gasteiger charge is -1.98. The Kier molecular flexibility index (Phi) is 3.44. The molecule has 0 bridgehead atoms. The third-order valence-electron chi connectivity index (χ3n) is 1.49. The second-order valence-corrected chi connectivity index (χ2v) is 2.44. The zero-order valence-electron chi connectivity index (χ0n) is 7.65. The first-order valence-electron chi connectivity index (χ1n) is 3.98. The molecule has 0 unspecified atom stereocenters. The van der Waals surface area contributed by atoms with Gasteiger partial charge in [-0.15, -0.1) is 5.92 Å². The van der Waals surface area contributed by atoms with Crippen LogP contribution in [0.15, 0.2) is 18.3 Å². The molecule has 1 aromatic heterocycles. The molecule has 0 spiro atoms. The summed E-state index contributed by atoms with van der Waals surface area (Å²) in [6, 6.07) is 2.95. The number of anilines is 1. The van der Waals surface area contributed by atoms with Gasteiger partial charge in [0.05, 0.1) is 12.2 Å². The average Bonchev–Trinajstić information content (AvgIpc) is 2.19. The van der Waals surface area contributed by atoms with E-state index in [1.807, 2.05) is 0 Å². The molecule has 0 radical (unpaired) electrons. The highest BCUT2D eigenvalue weighted by atomic mass is 16.6. The van der Waals surface area contributed by atoms with Crippen LogP contribution >= 0.6 is 0 Å². The fourth-order valence-electron chi connectivity index (χ4n) is 0.833. The van der Waals surface area contributed by atoms with E-state index in [0.717, 1.165) is 5.69 Å². The van der Waals surface area contributed by atoms with Gasteiger partial charge in [0.15, 0.2) is 6.20 Å². The molecule has 0 aliphatic carbocycles. The van der Waals surface area contributed by atoms with E-state index >= 15 is 0 Å². The highest BCUT2D eigenvalue weighted by Gasteiger charge is 2.04. The number of hydrogen-bond acceptors (Lipinski definition) is 4. The molecule has 5 nitrogen and oxygen atoms in total. The normalized spacial score (nSPS) is 8.64. The summed E-state index contributed by atoms with van der Waals surface area (Å²) in [4.78, 5) is 13.4. The largest absolute Gasteiger partial charge is 0.371 e. The van der Waals surface area contributed by atoms with E-state index in [-0.39, 0.29) is 5.82 Å². The molecule has 1 heterocycles. The number of nitrogens with zero attached hydrogens (tertiary/aromatic N) is 2. The number of hydrogen-bond donors (Lipinski definition) is 1. The van der Waals surface area contributed by atoms with E-state index in [0.29, 0.717) is 6.54 Å². The summed E-state index contributed by atoms with van der Waals surface area (Å²) in [6.07, 6.45) is 1.41. The molecule has 0 amide bonds. The maximum absolute atomic E-state index is 10.3. The Morgan fingerprint density at radius 1 is 1.64 bits per heavy atom. The van der Waals surface area contributed by atoms with Crippen LogP contribution in [0.1, 0.15) is 6.92 Å². The summed E-state index contributed by atoms with van der Waals surface area (Å²) >= 11 is 0. The summed E-state index contributed by atoms with van der Waals surface area (Å²) in [7, 11) is 0. The van der Waals surface area contributed by atoms with E-state index in [2.05, 4.69) is 22.1 Å². The summed E-state index contributed by atoms with van der Waals surface area (Å²) in [5.41, 5.74) is 0.721. The predicted octanol–water partition coefficient (Wildman–Crippen LogP) is 1.42. The number of rotatable bonds is 3. The number of pyridine rings is 1. The van der Waals surface area contributed by atoms with Crippen LogP contribution in [0.2, 0.25) is 0 Å². The summed E-state index contributed by atoms with van der Waals surface area (Å²) < 4.78 is 0. The van der Waals surface area contributed by atoms with Gasteiger partial charge in [-0.3, -0.25) is 0 Å². The van der Waals surface area contributed by atoms with Crippen LogP contribution in [0.5, 0.6) is 0 Å². The van der Waals surface area contributed by atoms with Crippen molar-refractivity contribution >= 4 is 11.5 Å². The first-order chi connectivity index (χ1) is 6.74. The van der Waals surface area contributed by atoms with Crippen molar-refractivity contribution in [1.82, 2.24) is 4.98 Å². The van der Waals surface area contributed by atoms with Gasteiger partial charge in [0.25, 0.3) is 0 Å². The van der Waals surface area contributed by atoms with Crippen molar-refractivity contribution in [3.8, 4) is 11.8 Å². The molecule has 14 heavy (non-hydrogen) atoms. The Morgan fingerprint density at radius 2 is 2.43 bits per heavy atom. The van der Waals surface area contributed by atoms with Gasteiger partial charge >= 0.3 is 5.82 Å². The Morgan fingerprint density at radius 3 is 2.93 bits per heavy atom. The van der Waals surface area contributed by atoms with Crippen LogP contribution in [-0.2, 0) is 0 Å². The zero-order valence-corrected chi connectivity index (χ0v) is 7.65. The van der Waals surface area contributed by atoms with Gasteiger partial charge in [-0.05, 0) is 22.9 Å². The molecule has 0 atom stereocenters. The molecule has 0 saturated heterocycles. The van der Waals surface area contributed by atoms with E-state index in [9.17, 15) is 10.1 Å². The third-order valence-corrected chi connectivity index (χ3v) is 1.49. The Hall–Kier alpha value is -2.09. The molecule has 5 heteroatoms. The SMILES string of the molecule is CC#CCNc1ccc([N+](=O)[O-])nc1. The standard InChI is InChI=1S/C9H9N3O2/c1-2-3-6-10-8-4-5-9(11-7-8)12(13)14/h4-5,7,10H,6H2,1H3. The number of nitro groups is 1. The highest BCUT2D eigenvalue weighted by molar-refractivity contribution is 5.44. The second kappa shape index (κ2) is 4.82. The number of nitrogens with one attached hydrogen (secondary N) is 1. The van der Waals surface area contributed by atoms with E-state index < -0.39 is 4.92 Å². The molecule has 0 aliphatic heterocycles. The highest BCUT2D eigenvalue weighted by Crippen LogP contribution is 2.10. The smallest absolute Gasteiger partial charge is 0.363 e. The van der Waals surface area contributed by atoms with Gasteiger partial charge in [0, 0.05) is 6.07 Å². The van der Waals surface area contributed by atoms with Crippen LogP contribution in [0.3, 0.4) is 0 Å². The van der Waals surface area contributed by atoms with Gasteiger partial charge in [-0.1, -0.05) is 5.92 Å². The van der Waals surface area contributed by atoms with E-state index in [4.69, 9.17) is 0 Å². The van der Waals surface area contributed by atoms with Gasteiger partial charge in [-0.25, -0.2) is 0 Å². The van der Waals surface area contributed by atoms with Crippen molar-refractivity contribution < 1.29 is 4.92 Å². The van der Waals surface area contributed by atoms with Crippen LogP contribution < -0.4 is 5.32 Å². The van der Waals surface area contributed by atoms with Crippen LogP contribution in [-0.4, -0.2) is 16.5 Å². The van der Waals surface area contributed by atoms with Crippen LogP contribution in [0.4, 0.5) is 11.5 Å². The zero-order chi connectivity index (χ0) is 10.4. The topological polar surface area (TPSA) is 68.1 Å². The first-order valence-corrected chi connectivity index (χ1v) is 3.98. The minimum atomic E-state index is -0.532. The van der Waals surface area contributed by atoms with Crippen LogP contribution in [0.25, 0.3) is 0 Å². The summed E-state index contributed by atoms with van der Waals surface area (Å²) in [6.45, 7) is 2.26. The maximum atomic E-state index is 10.3.